The highest BCUT2D eigenvalue weighted by Gasteiger charge is 2.30. The molecular formula is C16H18N2O3. The average Bonchev–Trinajstić information content (AvgIpc) is 2.90. The molecule has 4 rings (SSSR count). The van der Waals surface area contributed by atoms with Crippen LogP contribution in [0.25, 0.3) is 10.8 Å². The van der Waals surface area contributed by atoms with Gasteiger partial charge in [-0.2, -0.15) is 0 Å². The molecule has 5 heteroatoms. The summed E-state index contributed by atoms with van der Waals surface area (Å²) in [5.74, 6) is 2.46. The van der Waals surface area contributed by atoms with Crippen molar-refractivity contribution in [2.24, 2.45) is 0 Å². The first kappa shape index (κ1) is 12.7. The Bertz CT molecular complexity index is 699. The van der Waals surface area contributed by atoms with E-state index in [9.17, 15) is 5.11 Å². The highest BCUT2D eigenvalue weighted by atomic mass is 16.7. The fraction of sp³-hybridized carbons (Fsp3) is 0.438. The van der Waals surface area contributed by atoms with Crippen molar-refractivity contribution in [1.82, 2.24) is 4.98 Å². The van der Waals surface area contributed by atoms with Crippen molar-refractivity contribution in [2.75, 3.05) is 24.8 Å². The molecule has 0 radical (unpaired) electrons. The van der Waals surface area contributed by atoms with Gasteiger partial charge in [-0.05, 0) is 43.4 Å². The number of β-amino-alcohol motifs (C(OH)–C–C–N with tert-alkyl or cyclic N) is 1. The van der Waals surface area contributed by atoms with E-state index in [1.165, 1.54) is 0 Å². The standard InChI is InChI=1S/C16H18N2O3/c1-16(19)4-2-6-18(9-16)15-12-8-14-13(20-10-21-14)7-11(12)3-5-17-15/h3,5,7-8,19H,2,4,6,9-10H2,1H3. The Morgan fingerprint density at radius 1 is 1.29 bits per heavy atom. The molecule has 0 amide bonds. The number of hydrogen-bond acceptors (Lipinski definition) is 5. The van der Waals surface area contributed by atoms with E-state index in [2.05, 4.69) is 9.88 Å². The van der Waals surface area contributed by atoms with Gasteiger partial charge in [-0.3, -0.25) is 0 Å². The Hall–Kier alpha value is -2.01. The summed E-state index contributed by atoms with van der Waals surface area (Å²) in [5.41, 5.74) is -0.654. The average molecular weight is 286 g/mol. The van der Waals surface area contributed by atoms with Gasteiger partial charge < -0.3 is 19.5 Å². The zero-order valence-corrected chi connectivity index (χ0v) is 12.0. The van der Waals surface area contributed by atoms with Gasteiger partial charge >= 0.3 is 0 Å². The van der Waals surface area contributed by atoms with Crippen LogP contribution in [0.5, 0.6) is 11.5 Å². The molecule has 5 nitrogen and oxygen atoms in total. The van der Waals surface area contributed by atoms with Crippen molar-refractivity contribution in [2.45, 2.75) is 25.4 Å². The largest absolute Gasteiger partial charge is 0.454 e. The van der Waals surface area contributed by atoms with Crippen LogP contribution in [0, 0.1) is 0 Å². The number of rotatable bonds is 1. The van der Waals surface area contributed by atoms with Crippen molar-refractivity contribution in [1.29, 1.82) is 0 Å². The molecule has 0 spiro atoms. The lowest BCUT2D eigenvalue weighted by molar-refractivity contribution is 0.0448. The predicted octanol–water partition coefficient (Wildman–Crippen LogP) is 2.31. The predicted molar refractivity (Wildman–Crippen MR) is 79.9 cm³/mol. The highest BCUT2D eigenvalue weighted by molar-refractivity contribution is 5.94. The SMILES string of the molecule is CC1(O)CCCN(c2nccc3cc4c(cc23)OCO4)C1. The van der Waals surface area contributed by atoms with Crippen LogP contribution >= 0.6 is 0 Å². The minimum absolute atomic E-state index is 0.271. The number of piperidine rings is 1. The van der Waals surface area contributed by atoms with E-state index in [4.69, 9.17) is 9.47 Å². The van der Waals surface area contributed by atoms with Crippen LogP contribution < -0.4 is 14.4 Å². The lowest BCUT2D eigenvalue weighted by atomic mass is 9.95. The van der Waals surface area contributed by atoms with E-state index in [0.717, 1.165) is 47.5 Å². The van der Waals surface area contributed by atoms with Gasteiger partial charge in [-0.1, -0.05) is 0 Å². The monoisotopic (exact) mass is 286 g/mol. The van der Waals surface area contributed by atoms with Crippen LogP contribution in [-0.2, 0) is 0 Å². The first-order valence-electron chi connectivity index (χ1n) is 7.28. The summed E-state index contributed by atoms with van der Waals surface area (Å²) < 4.78 is 10.9. The van der Waals surface area contributed by atoms with Gasteiger partial charge in [0.05, 0.1) is 5.60 Å². The Labute approximate surface area is 123 Å². The van der Waals surface area contributed by atoms with E-state index in [-0.39, 0.29) is 6.79 Å². The lowest BCUT2D eigenvalue weighted by Crippen LogP contribution is -2.46. The van der Waals surface area contributed by atoms with Crippen molar-refractivity contribution < 1.29 is 14.6 Å². The maximum atomic E-state index is 10.3. The van der Waals surface area contributed by atoms with Crippen LogP contribution in [0.15, 0.2) is 24.4 Å². The Balaban J connectivity index is 1.81. The Kier molecular flexibility index (Phi) is 2.72. The van der Waals surface area contributed by atoms with Gasteiger partial charge in [0.15, 0.2) is 11.5 Å². The topological polar surface area (TPSA) is 54.8 Å². The summed E-state index contributed by atoms with van der Waals surface area (Å²) in [6.07, 6.45) is 3.61. The molecule has 1 aromatic heterocycles. The number of aliphatic hydroxyl groups is 1. The molecule has 0 aliphatic carbocycles. The molecule has 1 unspecified atom stereocenters. The first-order chi connectivity index (χ1) is 10.1. The number of nitrogens with zero attached hydrogens (tertiary/aromatic N) is 2. The Morgan fingerprint density at radius 3 is 2.90 bits per heavy atom. The normalized spacial score (nSPS) is 24.6. The fourth-order valence-corrected chi connectivity index (χ4v) is 3.20. The van der Waals surface area contributed by atoms with Gasteiger partial charge in [0, 0.05) is 24.7 Å². The zero-order valence-electron chi connectivity index (χ0n) is 12.0. The molecule has 1 fully saturated rings. The lowest BCUT2D eigenvalue weighted by Gasteiger charge is -2.38. The molecule has 0 bridgehead atoms. The molecule has 3 heterocycles. The van der Waals surface area contributed by atoms with Crippen LogP contribution in [0.1, 0.15) is 19.8 Å². The third-order valence-electron chi connectivity index (χ3n) is 4.21. The third-order valence-corrected chi connectivity index (χ3v) is 4.21. The maximum absolute atomic E-state index is 10.3. The molecule has 0 saturated carbocycles. The van der Waals surface area contributed by atoms with Gasteiger partial charge in [-0.15, -0.1) is 0 Å². The second kappa shape index (κ2) is 4.49. The number of pyridine rings is 1. The van der Waals surface area contributed by atoms with E-state index in [0.29, 0.717) is 6.54 Å². The first-order valence-corrected chi connectivity index (χ1v) is 7.28. The Morgan fingerprint density at radius 2 is 2.10 bits per heavy atom. The molecule has 1 atom stereocenters. The number of anilines is 1. The summed E-state index contributed by atoms with van der Waals surface area (Å²) in [5, 5.41) is 12.4. The molecule has 2 aliphatic heterocycles. The van der Waals surface area contributed by atoms with E-state index >= 15 is 0 Å². The molecule has 1 aromatic carbocycles. The number of aromatic nitrogens is 1. The van der Waals surface area contributed by atoms with Crippen LogP contribution in [0.3, 0.4) is 0 Å². The minimum atomic E-state index is -0.654. The van der Waals surface area contributed by atoms with E-state index in [1.54, 1.807) is 0 Å². The number of hydrogen-bond donors (Lipinski definition) is 1. The minimum Gasteiger partial charge on any atom is -0.454 e. The van der Waals surface area contributed by atoms with Crippen molar-refractivity contribution in [3.8, 4) is 11.5 Å². The van der Waals surface area contributed by atoms with E-state index in [1.807, 2.05) is 31.3 Å². The quantitative estimate of drug-likeness (QED) is 0.872. The van der Waals surface area contributed by atoms with Gasteiger partial charge in [0.2, 0.25) is 6.79 Å². The number of ether oxygens (including phenoxy) is 2. The fourth-order valence-electron chi connectivity index (χ4n) is 3.20. The molecular weight excluding hydrogens is 268 g/mol. The summed E-state index contributed by atoms with van der Waals surface area (Å²) in [4.78, 5) is 6.70. The van der Waals surface area contributed by atoms with Crippen LogP contribution in [0.2, 0.25) is 0 Å². The summed E-state index contributed by atoms with van der Waals surface area (Å²) in [6.45, 7) is 3.68. The second-order valence-corrected chi connectivity index (χ2v) is 6.08. The van der Waals surface area contributed by atoms with Gasteiger partial charge in [-0.25, -0.2) is 4.98 Å². The summed E-state index contributed by atoms with van der Waals surface area (Å²) in [6, 6.07) is 5.96. The van der Waals surface area contributed by atoms with Crippen LogP contribution in [0.4, 0.5) is 5.82 Å². The highest BCUT2D eigenvalue weighted by Crippen LogP contribution is 2.39. The smallest absolute Gasteiger partial charge is 0.231 e. The second-order valence-electron chi connectivity index (χ2n) is 6.08. The van der Waals surface area contributed by atoms with Crippen molar-refractivity contribution >= 4 is 16.6 Å². The van der Waals surface area contributed by atoms with Gasteiger partial charge in [0.1, 0.15) is 5.82 Å². The van der Waals surface area contributed by atoms with Gasteiger partial charge in [0.25, 0.3) is 0 Å². The van der Waals surface area contributed by atoms with Crippen molar-refractivity contribution in [3.63, 3.8) is 0 Å². The third kappa shape index (κ3) is 2.17. The summed E-state index contributed by atoms with van der Waals surface area (Å²) >= 11 is 0. The molecule has 21 heavy (non-hydrogen) atoms. The molecule has 1 saturated heterocycles. The van der Waals surface area contributed by atoms with E-state index < -0.39 is 5.60 Å². The molecule has 110 valence electrons. The summed E-state index contributed by atoms with van der Waals surface area (Å²) in [7, 11) is 0. The molecule has 2 aliphatic rings. The van der Waals surface area contributed by atoms with Crippen LogP contribution in [-0.4, -0.2) is 35.6 Å². The maximum Gasteiger partial charge on any atom is 0.231 e. The molecule has 1 N–H and O–H groups in total. The zero-order chi connectivity index (χ0) is 14.4. The number of benzene rings is 1. The van der Waals surface area contributed by atoms with Crippen molar-refractivity contribution in [3.05, 3.63) is 24.4 Å². The molecule has 2 aromatic rings. The number of fused-ring (bicyclic) bond motifs is 2.